The molecule has 14 nitrogen and oxygen atoms in total. The highest BCUT2D eigenvalue weighted by molar-refractivity contribution is 5.68. The van der Waals surface area contributed by atoms with E-state index in [0.717, 1.165) is 20.8 Å². The third-order valence-corrected chi connectivity index (χ3v) is 5.63. The summed E-state index contributed by atoms with van der Waals surface area (Å²) < 4.78 is 38.9. The predicted octanol–water partition coefficient (Wildman–Crippen LogP) is 3.16. The topological polar surface area (TPSA) is 176 Å². The summed E-state index contributed by atoms with van der Waals surface area (Å²) in [7, 11) is 0. The van der Waals surface area contributed by atoms with Gasteiger partial charge >= 0.3 is 29.6 Å². The van der Waals surface area contributed by atoms with Crippen molar-refractivity contribution in [3.05, 3.63) is 58.1 Å². The van der Waals surface area contributed by atoms with E-state index in [1.165, 1.54) is 37.3 Å². The van der Waals surface area contributed by atoms with Crippen LogP contribution >= 0.6 is 0 Å². The molecule has 0 saturated carbocycles. The SMILES string of the molecule is CC(=O)OCC1OC(Oc2ccc(Oc3ccccc3[N+](=O)[O-])cc2C)[C@H](OC(C)=O)C(OC(C)=O)C1OC(C)=O. The minimum absolute atomic E-state index is 0.0326. The Labute approximate surface area is 234 Å². The summed E-state index contributed by atoms with van der Waals surface area (Å²) in [6.07, 6.45) is -6.71. The van der Waals surface area contributed by atoms with Crippen molar-refractivity contribution in [1.29, 1.82) is 0 Å². The molecule has 4 unspecified atom stereocenters. The Morgan fingerprint density at radius 3 is 2.02 bits per heavy atom. The smallest absolute Gasteiger partial charge is 0.311 e. The number of rotatable bonds is 10. The lowest BCUT2D eigenvalue weighted by Gasteiger charge is -2.44. The molecule has 0 radical (unpaired) electrons. The van der Waals surface area contributed by atoms with Gasteiger partial charge in [0.15, 0.2) is 12.2 Å². The van der Waals surface area contributed by atoms with E-state index in [0.29, 0.717) is 5.56 Å². The third-order valence-electron chi connectivity index (χ3n) is 5.63. The van der Waals surface area contributed by atoms with Crippen LogP contribution in [0, 0.1) is 17.0 Å². The average Bonchev–Trinajstić information content (AvgIpc) is 2.87. The molecule has 5 atom stereocenters. The van der Waals surface area contributed by atoms with Gasteiger partial charge in [0.25, 0.3) is 0 Å². The molecule has 3 rings (SSSR count). The molecule has 0 aliphatic carbocycles. The molecule has 1 fully saturated rings. The van der Waals surface area contributed by atoms with Gasteiger partial charge in [0.1, 0.15) is 24.2 Å². The van der Waals surface area contributed by atoms with Gasteiger partial charge in [-0.25, -0.2) is 0 Å². The second-order valence-corrected chi connectivity index (χ2v) is 8.94. The number of benzene rings is 2. The minimum Gasteiger partial charge on any atom is -0.463 e. The molecule has 1 aliphatic heterocycles. The Kier molecular flexibility index (Phi) is 10.2. The van der Waals surface area contributed by atoms with E-state index < -0.39 is 66.1 Å². The Morgan fingerprint density at radius 2 is 1.44 bits per heavy atom. The number of aryl methyl sites for hydroxylation is 1. The highest BCUT2D eigenvalue weighted by Gasteiger charge is 2.53. The molecule has 0 amide bonds. The Morgan fingerprint density at radius 1 is 0.829 bits per heavy atom. The van der Waals surface area contributed by atoms with Gasteiger partial charge in [-0.05, 0) is 36.8 Å². The van der Waals surface area contributed by atoms with Crippen molar-refractivity contribution in [3.63, 3.8) is 0 Å². The molecule has 2 aromatic carbocycles. The van der Waals surface area contributed by atoms with Crippen molar-refractivity contribution in [2.24, 2.45) is 0 Å². The van der Waals surface area contributed by atoms with E-state index in [4.69, 9.17) is 33.2 Å². The first-order valence-electron chi connectivity index (χ1n) is 12.3. The lowest BCUT2D eigenvalue weighted by atomic mass is 9.98. The van der Waals surface area contributed by atoms with Gasteiger partial charge in [-0.2, -0.15) is 0 Å². The van der Waals surface area contributed by atoms with Crippen molar-refractivity contribution >= 4 is 29.6 Å². The van der Waals surface area contributed by atoms with E-state index in [2.05, 4.69) is 0 Å². The molecular formula is C27H29NO13. The molecule has 14 heteroatoms. The van der Waals surface area contributed by atoms with Crippen LogP contribution in [0.5, 0.6) is 17.2 Å². The first kappa shape index (κ1) is 30.8. The van der Waals surface area contributed by atoms with Gasteiger partial charge < -0.3 is 33.2 Å². The maximum atomic E-state index is 12.0. The number of esters is 4. The fourth-order valence-electron chi connectivity index (χ4n) is 4.05. The molecule has 0 N–H and O–H groups in total. The molecular weight excluding hydrogens is 546 g/mol. The highest BCUT2D eigenvalue weighted by atomic mass is 16.7. The predicted molar refractivity (Wildman–Crippen MR) is 137 cm³/mol. The third kappa shape index (κ3) is 8.38. The first-order valence-corrected chi connectivity index (χ1v) is 12.3. The second kappa shape index (κ2) is 13.6. The van der Waals surface area contributed by atoms with Crippen molar-refractivity contribution in [1.82, 2.24) is 0 Å². The Bertz CT molecular complexity index is 1310. The van der Waals surface area contributed by atoms with Crippen LogP contribution in [-0.4, -0.2) is 66.1 Å². The lowest BCUT2D eigenvalue weighted by molar-refractivity contribution is -0.385. The number of carbonyl (C=O) groups is 4. The van der Waals surface area contributed by atoms with E-state index in [1.807, 2.05) is 0 Å². The van der Waals surface area contributed by atoms with Crippen LogP contribution in [0.1, 0.15) is 33.3 Å². The minimum atomic E-state index is -1.42. The molecule has 220 valence electrons. The molecule has 0 bridgehead atoms. The summed E-state index contributed by atoms with van der Waals surface area (Å²) in [5, 5.41) is 11.3. The zero-order valence-corrected chi connectivity index (χ0v) is 22.9. The second-order valence-electron chi connectivity index (χ2n) is 8.94. The van der Waals surface area contributed by atoms with Crippen LogP contribution in [-0.2, 0) is 42.9 Å². The number of ether oxygens (including phenoxy) is 7. The molecule has 1 saturated heterocycles. The molecule has 1 aliphatic rings. The number of nitrogens with zero attached hydrogens (tertiary/aromatic N) is 1. The number of nitro benzene ring substituents is 1. The van der Waals surface area contributed by atoms with Crippen molar-refractivity contribution in [2.45, 2.75) is 65.3 Å². The largest absolute Gasteiger partial charge is 0.463 e. The van der Waals surface area contributed by atoms with Crippen LogP contribution in [0.25, 0.3) is 0 Å². The van der Waals surface area contributed by atoms with Crippen LogP contribution in [0.4, 0.5) is 5.69 Å². The number of carbonyl (C=O) groups excluding carboxylic acids is 4. The number of hydrogen-bond acceptors (Lipinski definition) is 13. The molecule has 0 aromatic heterocycles. The highest BCUT2D eigenvalue weighted by Crippen LogP contribution is 2.35. The standard InChI is InChI=1S/C27H29NO13/c1-14-12-19(39-22-9-7-6-8-20(22)28(33)34)10-11-21(14)40-27-26(38-18(5)32)25(37-17(4)31)24(36-16(3)30)23(41-27)13-35-15(2)29/h6-12,23-27H,13H2,1-5H3/t23?,24?,25?,26-,27?/m1/s1. The Hall–Kier alpha value is -4.72. The van der Waals surface area contributed by atoms with Crippen molar-refractivity contribution in [2.75, 3.05) is 6.61 Å². The number of hydrogen-bond donors (Lipinski definition) is 0. The summed E-state index contributed by atoms with van der Waals surface area (Å²) in [6.45, 7) is 5.77. The fourth-order valence-corrected chi connectivity index (χ4v) is 4.05. The quantitative estimate of drug-likeness (QED) is 0.175. The van der Waals surface area contributed by atoms with Crippen molar-refractivity contribution in [3.8, 4) is 17.2 Å². The summed E-state index contributed by atoms with van der Waals surface area (Å²) in [5.74, 6) is -2.42. The van der Waals surface area contributed by atoms with E-state index in [9.17, 15) is 29.3 Å². The summed E-state index contributed by atoms with van der Waals surface area (Å²) in [4.78, 5) is 58.1. The summed E-state index contributed by atoms with van der Waals surface area (Å²) in [5.41, 5.74) is 0.275. The summed E-state index contributed by atoms with van der Waals surface area (Å²) in [6, 6.07) is 10.4. The maximum absolute atomic E-state index is 12.0. The van der Waals surface area contributed by atoms with Gasteiger partial charge in [-0.3, -0.25) is 29.3 Å². The number of nitro groups is 1. The van der Waals surface area contributed by atoms with Crippen LogP contribution in [0.15, 0.2) is 42.5 Å². The van der Waals surface area contributed by atoms with E-state index >= 15 is 0 Å². The lowest BCUT2D eigenvalue weighted by Crippen LogP contribution is -2.63. The van der Waals surface area contributed by atoms with Gasteiger partial charge in [0, 0.05) is 33.8 Å². The monoisotopic (exact) mass is 575 g/mol. The van der Waals surface area contributed by atoms with Gasteiger partial charge in [0.2, 0.25) is 18.1 Å². The fraction of sp³-hybridized carbons (Fsp3) is 0.407. The maximum Gasteiger partial charge on any atom is 0.311 e. The zero-order chi connectivity index (χ0) is 30.3. The zero-order valence-electron chi connectivity index (χ0n) is 22.9. The molecule has 1 heterocycles. The normalized spacial score (nSPS) is 21.6. The first-order chi connectivity index (χ1) is 19.3. The van der Waals surface area contributed by atoms with E-state index in [1.54, 1.807) is 19.1 Å². The number of para-hydroxylation sites is 2. The molecule has 2 aromatic rings. The molecule has 41 heavy (non-hydrogen) atoms. The molecule has 0 spiro atoms. The van der Waals surface area contributed by atoms with Gasteiger partial charge in [-0.15, -0.1) is 0 Å². The van der Waals surface area contributed by atoms with Crippen LogP contribution in [0.2, 0.25) is 0 Å². The van der Waals surface area contributed by atoms with Crippen LogP contribution in [0.3, 0.4) is 0 Å². The van der Waals surface area contributed by atoms with Crippen LogP contribution < -0.4 is 9.47 Å². The van der Waals surface area contributed by atoms with Gasteiger partial charge in [0.05, 0.1) is 4.92 Å². The average molecular weight is 576 g/mol. The van der Waals surface area contributed by atoms with Crippen molar-refractivity contribution < 1.29 is 57.3 Å². The summed E-state index contributed by atoms with van der Waals surface area (Å²) >= 11 is 0. The van der Waals surface area contributed by atoms with E-state index in [-0.39, 0.29) is 22.9 Å². The van der Waals surface area contributed by atoms with Gasteiger partial charge in [-0.1, -0.05) is 12.1 Å². The Balaban J connectivity index is 1.94.